The average molecular weight is 554 g/mol. The SMILES string of the molecule is CN1CN(CC2(O)CCN(C(=O)C3CC3)CC2)C(=O)c2cnn(-c3ccc(-c4cccc(C(F)(F)F)c4)cc3)c21. The van der Waals surface area contributed by atoms with E-state index < -0.39 is 17.3 Å². The number of aromatic nitrogens is 2. The number of β-amino-alcohol motifs (C(OH)–C–C–N with tert-alkyl or cyclic N) is 1. The topological polar surface area (TPSA) is 81.9 Å². The number of hydrogen-bond acceptors (Lipinski definition) is 5. The second kappa shape index (κ2) is 9.65. The lowest BCUT2D eigenvalue weighted by Gasteiger charge is -2.43. The number of alkyl halides is 3. The van der Waals surface area contributed by atoms with Crippen LogP contribution >= 0.6 is 0 Å². The summed E-state index contributed by atoms with van der Waals surface area (Å²) < 4.78 is 41.1. The van der Waals surface area contributed by atoms with Gasteiger partial charge in [-0.15, -0.1) is 0 Å². The van der Waals surface area contributed by atoms with Crippen LogP contribution < -0.4 is 4.90 Å². The van der Waals surface area contributed by atoms with Gasteiger partial charge >= 0.3 is 6.18 Å². The number of halogens is 3. The van der Waals surface area contributed by atoms with Crippen LogP contribution in [0.15, 0.2) is 54.7 Å². The molecular formula is C29H30F3N5O3. The van der Waals surface area contributed by atoms with E-state index in [1.165, 1.54) is 12.3 Å². The molecule has 2 aliphatic heterocycles. The predicted octanol–water partition coefficient (Wildman–Crippen LogP) is 4.17. The highest BCUT2D eigenvalue weighted by atomic mass is 19.4. The zero-order chi connectivity index (χ0) is 28.2. The van der Waals surface area contributed by atoms with Crippen LogP contribution in [0.5, 0.6) is 0 Å². The number of aliphatic hydroxyl groups is 1. The average Bonchev–Trinajstić information content (AvgIpc) is 3.69. The molecule has 0 spiro atoms. The summed E-state index contributed by atoms with van der Waals surface area (Å²) in [6.45, 7) is 1.40. The molecule has 11 heteroatoms. The first-order valence-electron chi connectivity index (χ1n) is 13.4. The van der Waals surface area contributed by atoms with Crippen molar-refractivity contribution in [2.24, 2.45) is 5.92 Å². The maximum absolute atomic E-state index is 13.4. The van der Waals surface area contributed by atoms with Crippen LogP contribution in [0, 0.1) is 5.92 Å². The minimum absolute atomic E-state index is 0.148. The van der Waals surface area contributed by atoms with Crippen molar-refractivity contribution in [3.63, 3.8) is 0 Å². The molecule has 2 amide bonds. The van der Waals surface area contributed by atoms with Crippen LogP contribution in [-0.2, 0) is 11.0 Å². The Morgan fingerprint density at radius 3 is 2.42 bits per heavy atom. The van der Waals surface area contributed by atoms with Gasteiger partial charge in [0.1, 0.15) is 11.4 Å². The van der Waals surface area contributed by atoms with E-state index in [9.17, 15) is 27.9 Å². The van der Waals surface area contributed by atoms with Gasteiger partial charge in [0.2, 0.25) is 5.91 Å². The first-order valence-corrected chi connectivity index (χ1v) is 13.4. The van der Waals surface area contributed by atoms with E-state index in [-0.39, 0.29) is 30.9 Å². The maximum atomic E-state index is 13.4. The molecule has 40 heavy (non-hydrogen) atoms. The fourth-order valence-corrected chi connectivity index (χ4v) is 5.64. The summed E-state index contributed by atoms with van der Waals surface area (Å²) >= 11 is 0. The first-order chi connectivity index (χ1) is 19.0. The van der Waals surface area contributed by atoms with E-state index in [4.69, 9.17) is 0 Å². The summed E-state index contributed by atoms with van der Waals surface area (Å²) in [6.07, 6.45) is -0.180. The van der Waals surface area contributed by atoms with Crippen LogP contribution in [0.2, 0.25) is 0 Å². The minimum Gasteiger partial charge on any atom is -0.388 e. The third-order valence-electron chi connectivity index (χ3n) is 8.06. The molecule has 3 aromatic rings. The van der Waals surface area contributed by atoms with E-state index in [0.29, 0.717) is 54.1 Å². The Morgan fingerprint density at radius 2 is 1.77 bits per heavy atom. The van der Waals surface area contributed by atoms with Gasteiger partial charge in [-0.05, 0) is 61.1 Å². The predicted molar refractivity (Wildman–Crippen MR) is 142 cm³/mol. The molecule has 1 N–H and O–H groups in total. The highest BCUT2D eigenvalue weighted by Crippen LogP contribution is 2.36. The summed E-state index contributed by atoms with van der Waals surface area (Å²) in [5, 5.41) is 15.7. The van der Waals surface area contributed by atoms with Crippen molar-refractivity contribution in [3.8, 4) is 16.8 Å². The van der Waals surface area contributed by atoms with Crippen LogP contribution in [0.25, 0.3) is 16.8 Å². The smallest absolute Gasteiger partial charge is 0.388 e. The quantitative estimate of drug-likeness (QED) is 0.513. The Balaban J connectivity index is 1.17. The number of nitrogens with zero attached hydrogens (tertiary/aromatic N) is 5. The Morgan fingerprint density at radius 1 is 1.07 bits per heavy atom. The van der Waals surface area contributed by atoms with E-state index >= 15 is 0 Å². The standard InChI is InChI=1S/C29H30F3N5O3/c1-34-18-36(17-28(40)11-13-35(14-12-28)26(38)20-5-6-20)27(39)24-16-33-37(25(24)34)23-9-7-19(8-10-23)21-3-2-4-22(15-21)29(30,31)32/h2-4,7-10,15-16,20,40H,5-6,11-14,17-18H2,1H3. The molecule has 8 nitrogen and oxygen atoms in total. The third kappa shape index (κ3) is 4.94. The molecule has 0 atom stereocenters. The molecule has 1 aromatic heterocycles. The van der Waals surface area contributed by atoms with Crippen LogP contribution in [0.3, 0.4) is 0 Å². The molecule has 2 aromatic carbocycles. The third-order valence-corrected chi connectivity index (χ3v) is 8.06. The van der Waals surface area contributed by atoms with Crippen molar-refractivity contribution in [2.75, 3.05) is 38.3 Å². The molecule has 0 bridgehead atoms. The van der Waals surface area contributed by atoms with Gasteiger partial charge in [0.25, 0.3) is 5.91 Å². The van der Waals surface area contributed by atoms with Gasteiger partial charge in [-0.25, -0.2) is 4.68 Å². The molecule has 1 saturated carbocycles. The molecule has 0 unspecified atom stereocenters. The number of benzene rings is 2. The second-order valence-corrected chi connectivity index (χ2v) is 11.1. The Hall–Kier alpha value is -3.86. The van der Waals surface area contributed by atoms with Crippen molar-refractivity contribution in [3.05, 3.63) is 65.9 Å². The molecular weight excluding hydrogens is 523 g/mol. The zero-order valence-corrected chi connectivity index (χ0v) is 22.1. The lowest BCUT2D eigenvalue weighted by molar-refractivity contribution is -0.138. The van der Waals surface area contributed by atoms with E-state index in [0.717, 1.165) is 25.0 Å². The highest BCUT2D eigenvalue weighted by molar-refractivity contribution is 6.01. The molecule has 3 heterocycles. The van der Waals surface area contributed by atoms with Gasteiger partial charge in [-0.2, -0.15) is 18.3 Å². The van der Waals surface area contributed by atoms with E-state index in [1.54, 1.807) is 39.9 Å². The summed E-state index contributed by atoms with van der Waals surface area (Å²) in [7, 11) is 1.84. The highest BCUT2D eigenvalue weighted by Gasteiger charge is 2.42. The Labute approximate surface area is 229 Å². The van der Waals surface area contributed by atoms with Crippen LogP contribution in [0.1, 0.15) is 41.6 Å². The molecule has 0 radical (unpaired) electrons. The van der Waals surface area contributed by atoms with Gasteiger partial charge < -0.3 is 19.8 Å². The number of likely N-dealkylation sites (tertiary alicyclic amines) is 1. The Kier molecular flexibility index (Phi) is 6.36. The summed E-state index contributed by atoms with van der Waals surface area (Å²) in [5.74, 6) is 0.695. The zero-order valence-electron chi connectivity index (χ0n) is 22.1. The largest absolute Gasteiger partial charge is 0.416 e. The number of rotatable bonds is 5. The van der Waals surface area contributed by atoms with Crippen LogP contribution in [-0.4, -0.2) is 75.5 Å². The lowest BCUT2D eigenvalue weighted by Crippen LogP contribution is -2.56. The number of carbonyl (C=O) groups is 2. The summed E-state index contributed by atoms with van der Waals surface area (Å²) in [4.78, 5) is 31.1. The van der Waals surface area contributed by atoms with Gasteiger partial charge in [-0.1, -0.05) is 24.3 Å². The van der Waals surface area contributed by atoms with Crippen molar-refractivity contribution in [1.82, 2.24) is 19.6 Å². The molecule has 210 valence electrons. The molecule has 1 saturated heterocycles. The minimum atomic E-state index is -4.42. The van der Waals surface area contributed by atoms with Crippen molar-refractivity contribution in [2.45, 2.75) is 37.5 Å². The van der Waals surface area contributed by atoms with Gasteiger partial charge in [-0.3, -0.25) is 9.59 Å². The van der Waals surface area contributed by atoms with Crippen molar-refractivity contribution >= 4 is 17.6 Å². The fraction of sp³-hybridized carbons (Fsp3) is 0.414. The number of piperidine rings is 1. The molecule has 6 rings (SSSR count). The number of anilines is 1. The van der Waals surface area contributed by atoms with Gasteiger partial charge in [0.15, 0.2) is 0 Å². The molecule has 2 fully saturated rings. The Bertz CT molecular complexity index is 1440. The number of hydrogen-bond donors (Lipinski definition) is 1. The fourth-order valence-electron chi connectivity index (χ4n) is 5.64. The van der Waals surface area contributed by atoms with Gasteiger partial charge in [0, 0.05) is 26.1 Å². The number of carbonyl (C=O) groups excluding carboxylic acids is 2. The normalized spacial score (nSPS) is 19.1. The summed E-state index contributed by atoms with van der Waals surface area (Å²) in [5.41, 5.74) is 0.375. The van der Waals surface area contributed by atoms with E-state index in [2.05, 4.69) is 5.10 Å². The summed E-state index contributed by atoms with van der Waals surface area (Å²) in [6, 6.07) is 12.1. The molecule has 1 aliphatic carbocycles. The van der Waals surface area contributed by atoms with Gasteiger partial charge in [0.05, 0.1) is 36.3 Å². The number of fused-ring (bicyclic) bond motifs is 1. The van der Waals surface area contributed by atoms with Crippen molar-refractivity contribution < 1.29 is 27.9 Å². The maximum Gasteiger partial charge on any atom is 0.416 e. The van der Waals surface area contributed by atoms with Crippen LogP contribution in [0.4, 0.5) is 19.0 Å². The first kappa shape index (κ1) is 26.4. The lowest BCUT2D eigenvalue weighted by atomic mass is 9.90. The monoisotopic (exact) mass is 553 g/mol. The van der Waals surface area contributed by atoms with E-state index in [1.807, 2.05) is 16.8 Å². The second-order valence-electron chi connectivity index (χ2n) is 11.1. The molecule has 3 aliphatic rings. The number of amides is 2. The van der Waals surface area contributed by atoms with Crippen molar-refractivity contribution in [1.29, 1.82) is 0 Å².